The van der Waals surface area contributed by atoms with E-state index in [1.165, 1.54) is 20.8 Å². The third kappa shape index (κ3) is 1.74. The molecule has 0 nitrogen and oxygen atoms in total. The summed E-state index contributed by atoms with van der Waals surface area (Å²) in [6, 6.07) is 0.360. The lowest BCUT2D eigenvalue weighted by atomic mass is 9.86. The van der Waals surface area contributed by atoms with E-state index < -0.39 is 34.2 Å². The summed E-state index contributed by atoms with van der Waals surface area (Å²) in [6.07, 6.45) is 0. The van der Waals surface area contributed by atoms with Gasteiger partial charge in [0.2, 0.25) is 0 Å². The van der Waals surface area contributed by atoms with Gasteiger partial charge in [-0.15, -0.1) is 0 Å². The predicted molar refractivity (Wildman–Crippen MR) is 45.0 cm³/mol. The van der Waals surface area contributed by atoms with Crippen LogP contribution in [-0.4, -0.2) is 0 Å². The fraction of sp³-hybridized carbons (Fsp3) is 0.400. The van der Waals surface area contributed by atoms with Crippen molar-refractivity contribution in [1.29, 1.82) is 0 Å². The molecule has 0 aliphatic heterocycles. The lowest BCUT2D eigenvalue weighted by molar-refractivity contribution is 0.400. The highest BCUT2D eigenvalue weighted by molar-refractivity contribution is 5.28. The topological polar surface area (TPSA) is 0 Å². The zero-order chi connectivity index (χ0) is 11.1. The summed E-state index contributed by atoms with van der Waals surface area (Å²) in [5.74, 6) is -5.65. The van der Waals surface area contributed by atoms with Crippen LogP contribution in [0.2, 0.25) is 0 Å². The van der Waals surface area contributed by atoms with Crippen LogP contribution in [-0.2, 0) is 5.41 Å². The van der Waals surface area contributed by atoms with Crippen molar-refractivity contribution in [3.8, 4) is 0 Å². The SMILES string of the molecule is CC(C)(C)c1c(F)cc(F)c(F)c1F. The highest BCUT2D eigenvalue weighted by atomic mass is 19.2. The van der Waals surface area contributed by atoms with Crippen LogP contribution < -0.4 is 0 Å². The molecule has 4 heteroatoms. The Balaban J connectivity index is 3.53. The van der Waals surface area contributed by atoms with E-state index in [9.17, 15) is 17.6 Å². The van der Waals surface area contributed by atoms with E-state index in [0.29, 0.717) is 6.07 Å². The summed E-state index contributed by atoms with van der Waals surface area (Å²) in [4.78, 5) is 0. The average molecular weight is 206 g/mol. The third-order valence-corrected chi connectivity index (χ3v) is 1.86. The largest absolute Gasteiger partial charge is 0.206 e. The van der Waals surface area contributed by atoms with Crippen LogP contribution in [0.4, 0.5) is 17.6 Å². The van der Waals surface area contributed by atoms with Crippen molar-refractivity contribution in [2.75, 3.05) is 0 Å². The maximum atomic E-state index is 13.2. The van der Waals surface area contributed by atoms with Crippen molar-refractivity contribution < 1.29 is 17.6 Å². The first-order valence-corrected chi connectivity index (χ1v) is 4.08. The van der Waals surface area contributed by atoms with Gasteiger partial charge < -0.3 is 0 Å². The van der Waals surface area contributed by atoms with Gasteiger partial charge in [-0.1, -0.05) is 20.8 Å². The second kappa shape index (κ2) is 3.26. The van der Waals surface area contributed by atoms with Gasteiger partial charge in [-0.05, 0) is 5.41 Å². The Morgan fingerprint density at radius 2 is 1.36 bits per heavy atom. The second-order valence-electron chi connectivity index (χ2n) is 4.09. The zero-order valence-electron chi connectivity index (χ0n) is 8.09. The molecule has 0 N–H and O–H groups in total. The normalized spacial score (nSPS) is 11.9. The van der Waals surface area contributed by atoms with Gasteiger partial charge in [-0.2, -0.15) is 0 Å². The molecule has 0 saturated heterocycles. The van der Waals surface area contributed by atoms with Crippen molar-refractivity contribution in [3.05, 3.63) is 34.9 Å². The molecular weight excluding hydrogens is 196 g/mol. The zero-order valence-corrected chi connectivity index (χ0v) is 8.09. The van der Waals surface area contributed by atoms with Gasteiger partial charge in [0.25, 0.3) is 0 Å². The molecule has 0 aliphatic rings. The van der Waals surface area contributed by atoms with Crippen molar-refractivity contribution in [1.82, 2.24) is 0 Å². The van der Waals surface area contributed by atoms with E-state index in [1.54, 1.807) is 0 Å². The first-order valence-electron chi connectivity index (χ1n) is 4.08. The Kier molecular flexibility index (Phi) is 2.56. The minimum atomic E-state index is -1.63. The van der Waals surface area contributed by atoms with Gasteiger partial charge in [-0.25, -0.2) is 17.6 Å². The summed E-state index contributed by atoms with van der Waals surface area (Å²) in [5, 5.41) is 0. The van der Waals surface area contributed by atoms with Crippen LogP contribution in [0.25, 0.3) is 0 Å². The maximum absolute atomic E-state index is 13.2. The van der Waals surface area contributed by atoms with Gasteiger partial charge in [0.1, 0.15) is 5.82 Å². The monoisotopic (exact) mass is 206 g/mol. The second-order valence-corrected chi connectivity index (χ2v) is 4.09. The minimum Gasteiger partial charge on any atom is -0.206 e. The molecular formula is C10H10F4. The van der Waals surface area contributed by atoms with Crippen LogP contribution >= 0.6 is 0 Å². The van der Waals surface area contributed by atoms with Crippen molar-refractivity contribution >= 4 is 0 Å². The lowest BCUT2D eigenvalue weighted by Crippen LogP contribution is -2.18. The van der Waals surface area contributed by atoms with Crippen LogP contribution in [0.5, 0.6) is 0 Å². The van der Waals surface area contributed by atoms with E-state index in [2.05, 4.69) is 0 Å². The van der Waals surface area contributed by atoms with Crippen molar-refractivity contribution in [2.24, 2.45) is 0 Å². The van der Waals surface area contributed by atoms with E-state index in [4.69, 9.17) is 0 Å². The Morgan fingerprint density at radius 1 is 0.857 bits per heavy atom. The molecule has 0 amide bonds. The van der Waals surface area contributed by atoms with Crippen LogP contribution in [0.3, 0.4) is 0 Å². The summed E-state index contributed by atoms with van der Waals surface area (Å²) in [6.45, 7) is 4.56. The van der Waals surface area contributed by atoms with Crippen molar-refractivity contribution in [3.63, 3.8) is 0 Å². The Labute approximate surface area is 79.6 Å². The molecule has 1 aromatic carbocycles. The molecule has 0 unspecified atom stereocenters. The lowest BCUT2D eigenvalue weighted by Gasteiger charge is -2.20. The van der Waals surface area contributed by atoms with Gasteiger partial charge >= 0.3 is 0 Å². The molecule has 0 heterocycles. The Bertz CT molecular complexity index is 363. The molecule has 0 atom stereocenters. The van der Waals surface area contributed by atoms with Gasteiger partial charge in [0.05, 0.1) is 0 Å². The standard InChI is InChI=1S/C10H10F4/c1-10(2,3)7-5(11)4-6(12)8(13)9(7)14/h4H,1-3H3. The highest BCUT2D eigenvalue weighted by Gasteiger charge is 2.27. The maximum Gasteiger partial charge on any atom is 0.194 e. The van der Waals surface area contributed by atoms with Crippen LogP contribution in [0.15, 0.2) is 6.07 Å². The number of benzene rings is 1. The molecule has 0 bridgehead atoms. The van der Waals surface area contributed by atoms with Gasteiger partial charge in [0, 0.05) is 11.6 Å². The van der Waals surface area contributed by atoms with Gasteiger partial charge in [-0.3, -0.25) is 0 Å². The number of hydrogen-bond acceptors (Lipinski definition) is 0. The molecule has 78 valence electrons. The summed E-state index contributed by atoms with van der Waals surface area (Å²) < 4.78 is 51.6. The van der Waals surface area contributed by atoms with E-state index in [1.807, 2.05) is 0 Å². The van der Waals surface area contributed by atoms with Crippen LogP contribution in [0, 0.1) is 23.3 Å². The smallest absolute Gasteiger partial charge is 0.194 e. The Hall–Kier alpha value is -1.06. The van der Waals surface area contributed by atoms with Gasteiger partial charge in [0.15, 0.2) is 17.5 Å². The van der Waals surface area contributed by atoms with Crippen LogP contribution in [0.1, 0.15) is 26.3 Å². The van der Waals surface area contributed by atoms with E-state index in [-0.39, 0.29) is 0 Å². The third-order valence-electron chi connectivity index (χ3n) is 1.86. The quantitative estimate of drug-likeness (QED) is 0.346. The molecule has 0 aliphatic carbocycles. The first-order chi connectivity index (χ1) is 6.25. The van der Waals surface area contributed by atoms with E-state index in [0.717, 1.165) is 0 Å². The molecule has 0 spiro atoms. The fourth-order valence-corrected chi connectivity index (χ4v) is 1.25. The summed E-state index contributed by atoms with van der Waals surface area (Å²) in [7, 11) is 0. The van der Waals surface area contributed by atoms with E-state index >= 15 is 0 Å². The molecule has 0 aromatic heterocycles. The predicted octanol–water partition coefficient (Wildman–Crippen LogP) is 3.54. The fourth-order valence-electron chi connectivity index (χ4n) is 1.25. The number of halogens is 4. The summed E-state index contributed by atoms with van der Waals surface area (Å²) >= 11 is 0. The number of hydrogen-bond donors (Lipinski definition) is 0. The average Bonchev–Trinajstić information content (AvgIpc) is 1.97. The molecule has 0 radical (unpaired) electrons. The molecule has 0 fully saturated rings. The minimum absolute atomic E-state index is 0.360. The van der Waals surface area contributed by atoms with Crippen molar-refractivity contribution in [2.45, 2.75) is 26.2 Å². The number of rotatable bonds is 0. The molecule has 1 rings (SSSR count). The summed E-state index contributed by atoms with van der Waals surface area (Å²) in [5.41, 5.74) is -1.33. The molecule has 1 aromatic rings. The highest BCUT2D eigenvalue weighted by Crippen LogP contribution is 2.30. The molecule has 0 saturated carbocycles. The Morgan fingerprint density at radius 3 is 1.79 bits per heavy atom. The molecule has 14 heavy (non-hydrogen) atoms. The first kappa shape index (κ1) is 11.0.